The van der Waals surface area contributed by atoms with Gasteiger partial charge in [0.25, 0.3) is 5.91 Å². The lowest BCUT2D eigenvalue weighted by atomic mass is 10.2. The summed E-state index contributed by atoms with van der Waals surface area (Å²) in [7, 11) is 0. The minimum Gasteiger partial charge on any atom is -0.452 e. The van der Waals surface area contributed by atoms with Crippen LogP contribution in [0.15, 0.2) is 73.1 Å². The molecule has 8 heteroatoms. The number of urea groups is 1. The van der Waals surface area contributed by atoms with E-state index in [4.69, 9.17) is 4.74 Å². The molecule has 2 aromatic carbocycles. The molecule has 1 heterocycles. The molecule has 8 nitrogen and oxygen atoms in total. The SMILES string of the molecule is O=C(COC(=O)c1cnn(Cc2ccccc2)c1)NC(=O)NCc1ccccc1. The van der Waals surface area contributed by atoms with Gasteiger partial charge in [-0.1, -0.05) is 60.7 Å². The van der Waals surface area contributed by atoms with Crippen LogP contribution in [0.2, 0.25) is 0 Å². The first-order chi connectivity index (χ1) is 14.1. The molecule has 0 fully saturated rings. The van der Waals surface area contributed by atoms with Gasteiger partial charge in [-0.3, -0.25) is 14.8 Å². The number of rotatable bonds is 7. The highest BCUT2D eigenvalue weighted by Crippen LogP contribution is 2.05. The molecule has 0 unspecified atom stereocenters. The number of aromatic nitrogens is 2. The maximum absolute atomic E-state index is 12.1. The van der Waals surface area contributed by atoms with Gasteiger partial charge < -0.3 is 10.1 Å². The van der Waals surface area contributed by atoms with Gasteiger partial charge in [-0.15, -0.1) is 0 Å². The van der Waals surface area contributed by atoms with Crippen LogP contribution in [0.5, 0.6) is 0 Å². The second kappa shape index (κ2) is 9.84. The third-order valence-electron chi connectivity index (χ3n) is 3.94. The predicted molar refractivity (Wildman–Crippen MR) is 105 cm³/mol. The van der Waals surface area contributed by atoms with Gasteiger partial charge in [0.05, 0.1) is 18.3 Å². The van der Waals surface area contributed by atoms with Crippen LogP contribution in [0.25, 0.3) is 0 Å². The number of nitrogens with zero attached hydrogens (tertiary/aromatic N) is 2. The van der Waals surface area contributed by atoms with Crippen molar-refractivity contribution in [3.8, 4) is 0 Å². The van der Waals surface area contributed by atoms with Crippen molar-refractivity contribution < 1.29 is 19.1 Å². The number of benzene rings is 2. The van der Waals surface area contributed by atoms with E-state index in [1.165, 1.54) is 6.20 Å². The Labute approximate surface area is 167 Å². The van der Waals surface area contributed by atoms with Crippen LogP contribution in [-0.4, -0.2) is 34.3 Å². The zero-order valence-corrected chi connectivity index (χ0v) is 15.6. The van der Waals surface area contributed by atoms with Gasteiger partial charge in [0, 0.05) is 12.7 Å². The topological polar surface area (TPSA) is 102 Å². The first-order valence-electron chi connectivity index (χ1n) is 8.95. The minimum absolute atomic E-state index is 0.224. The van der Waals surface area contributed by atoms with Gasteiger partial charge in [-0.05, 0) is 11.1 Å². The summed E-state index contributed by atoms with van der Waals surface area (Å²) in [5.74, 6) is -1.41. The van der Waals surface area contributed by atoms with Gasteiger partial charge >= 0.3 is 12.0 Å². The number of hydrogen-bond acceptors (Lipinski definition) is 5. The standard InChI is InChI=1S/C21H20N4O4/c26-19(24-21(28)22-11-16-7-3-1-4-8-16)15-29-20(27)18-12-23-25(14-18)13-17-9-5-2-6-10-17/h1-10,12,14H,11,13,15H2,(H2,22,24,26,28). The molecule has 148 valence electrons. The zero-order chi connectivity index (χ0) is 20.5. The van der Waals surface area contributed by atoms with E-state index >= 15 is 0 Å². The summed E-state index contributed by atoms with van der Waals surface area (Å²) in [6.45, 7) is 0.220. The molecule has 0 bridgehead atoms. The monoisotopic (exact) mass is 392 g/mol. The second-order valence-electron chi connectivity index (χ2n) is 6.20. The van der Waals surface area contributed by atoms with Crippen LogP contribution in [0.4, 0.5) is 4.79 Å². The lowest BCUT2D eigenvalue weighted by Gasteiger charge is -2.07. The summed E-state index contributed by atoms with van der Waals surface area (Å²) >= 11 is 0. The van der Waals surface area contributed by atoms with E-state index in [2.05, 4.69) is 15.7 Å². The molecule has 3 aromatic rings. The number of hydrogen-bond donors (Lipinski definition) is 2. The van der Waals surface area contributed by atoms with Gasteiger partial charge in [-0.25, -0.2) is 9.59 Å². The third-order valence-corrected chi connectivity index (χ3v) is 3.94. The van der Waals surface area contributed by atoms with Crippen LogP contribution < -0.4 is 10.6 Å². The maximum Gasteiger partial charge on any atom is 0.341 e. The molecule has 2 N–H and O–H groups in total. The van der Waals surface area contributed by atoms with Crippen molar-refractivity contribution in [1.29, 1.82) is 0 Å². The normalized spacial score (nSPS) is 10.2. The van der Waals surface area contributed by atoms with Crippen molar-refractivity contribution in [3.05, 3.63) is 89.7 Å². The molecule has 3 rings (SSSR count). The van der Waals surface area contributed by atoms with Crippen molar-refractivity contribution in [3.63, 3.8) is 0 Å². The summed E-state index contributed by atoms with van der Waals surface area (Å²) < 4.78 is 6.53. The van der Waals surface area contributed by atoms with Crippen molar-refractivity contribution in [2.24, 2.45) is 0 Å². The number of imide groups is 1. The molecule has 0 aliphatic carbocycles. The van der Waals surface area contributed by atoms with Crippen LogP contribution in [0, 0.1) is 0 Å². The molecular weight excluding hydrogens is 372 g/mol. The average Bonchev–Trinajstić information content (AvgIpc) is 3.20. The molecule has 0 atom stereocenters. The van der Waals surface area contributed by atoms with E-state index in [0.717, 1.165) is 11.1 Å². The van der Waals surface area contributed by atoms with Gasteiger partial charge in [0.2, 0.25) is 0 Å². The maximum atomic E-state index is 12.1. The first kappa shape index (κ1) is 19.8. The van der Waals surface area contributed by atoms with Crippen LogP contribution in [0.3, 0.4) is 0 Å². The highest BCUT2D eigenvalue weighted by molar-refractivity contribution is 5.96. The van der Waals surface area contributed by atoms with Crippen molar-refractivity contribution in [1.82, 2.24) is 20.4 Å². The van der Waals surface area contributed by atoms with Gasteiger partial charge in [0.1, 0.15) is 0 Å². The van der Waals surface area contributed by atoms with Crippen molar-refractivity contribution in [2.45, 2.75) is 13.1 Å². The quantitative estimate of drug-likeness (QED) is 0.600. The molecule has 0 saturated carbocycles. The molecule has 0 spiro atoms. The van der Waals surface area contributed by atoms with Crippen molar-refractivity contribution >= 4 is 17.9 Å². The molecule has 0 aliphatic rings. The average molecular weight is 392 g/mol. The van der Waals surface area contributed by atoms with Crippen LogP contribution >= 0.6 is 0 Å². The van der Waals surface area contributed by atoms with E-state index in [9.17, 15) is 14.4 Å². The fourth-order valence-corrected chi connectivity index (χ4v) is 2.53. The summed E-state index contributed by atoms with van der Waals surface area (Å²) in [5, 5.41) is 8.77. The van der Waals surface area contributed by atoms with Crippen molar-refractivity contribution in [2.75, 3.05) is 6.61 Å². The smallest absolute Gasteiger partial charge is 0.341 e. The van der Waals surface area contributed by atoms with E-state index in [1.54, 1.807) is 10.9 Å². The molecule has 3 amide bonds. The molecule has 29 heavy (non-hydrogen) atoms. The summed E-state index contributed by atoms with van der Waals surface area (Å²) in [5.41, 5.74) is 2.16. The summed E-state index contributed by atoms with van der Waals surface area (Å²) in [4.78, 5) is 35.6. The van der Waals surface area contributed by atoms with E-state index in [-0.39, 0.29) is 12.1 Å². The number of nitrogens with one attached hydrogen (secondary N) is 2. The Morgan fingerprint density at radius 1 is 0.931 bits per heavy atom. The summed E-state index contributed by atoms with van der Waals surface area (Å²) in [6, 6.07) is 18.3. The van der Waals surface area contributed by atoms with E-state index in [0.29, 0.717) is 6.54 Å². The number of esters is 1. The highest BCUT2D eigenvalue weighted by Gasteiger charge is 2.14. The predicted octanol–water partition coefficient (Wildman–Crippen LogP) is 2.11. The zero-order valence-electron chi connectivity index (χ0n) is 15.6. The molecule has 1 aromatic heterocycles. The van der Waals surface area contributed by atoms with Crippen LogP contribution in [0.1, 0.15) is 21.5 Å². The van der Waals surface area contributed by atoms with Gasteiger partial charge in [0.15, 0.2) is 6.61 Å². The summed E-state index contributed by atoms with van der Waals surface area (Å²) in [6.07, 6.45) is 2.91. The Kier molecular flexibility index (Phi) is 6.72. The second-order valence-corrected chi connectivity index (χ2v) is 6.20. The fraction of sp³-hybridized carbons (Fsp3) is 0.143. The molecule has 0 aliphatic heterocycles. The molecular formula is C21H20N4O4. The van der Waals surface area contributed by atoms with E-state index in [1.807, 2.05) is 60.7 Å². The number of carbonyl (C=O) groups excluding carboxylic acids is 3. The largest absolute Gasteiger partial charge is 0.452 e. The Morgan fingerprint density at radius 3 is 2.28 bits per heavy atom. The Balaban J connectivity index is 1.40. The highest BCUT2D eigenvalue weighted by atomic mass is 16.5. The molecule has 0 saturated heterocycles. The number of carbonyl (C=O) groups is 3. The Morgan fingerprint density at radius 2 is 1.59 bits per heavy atom. The number of ether oxygens (including phenoxy) is 1. The lowest BCUT2D eigenvalue weighted by molar-refractivity contribution is -0.123. The third kappa shape index (κ3) is 6.31. The fourth-order valence-electron chi connectivity index (χ4n) is 2.53. The van der Waals surface area contributed by atoms with Gasteiger partial charge in [-0.2, -0.15) is 5.10 Å². The Bertz CT molecular complexity index is 971. The van der Waals surface area contributed by atoms with Crippen LogP contribution in [-0.2, 0) is 22.6 Å². The van der Waals surface area contributed by atoms with E-state index < -0.39 is 24.5 Å². The Hall–Kier alpha value is -3.94. The number of amides is 3. The molecule has 0 radical (unpaired) electrons. The first-order valence-corrected chi connectivity index (χ1v) is 8.95. The lowest BCUT2D eigenvalue weighted by Crippen LogP contribution is -2.41. The minimum atomic E-state index is -0.722.